The minimum Gasteiger partial charge on any atom is -0.357 e. The van der Waals surface area contributed by atoms with Crippen LogP contribution in [0.5, 0.6) is 0 Å². The molecule has 0 spiro atoms. The summed E-state index contributed by atoms with van der Waals surface area (Å²) in [6, 6.07) is 0. The molecule has 0 N–H and O–H groups in total. The summed E-state index contributed by atoms with van der Waals surface area (Å²) in [6.07, 6.45) is 5.60. The molecule has 1 aliphatic rings. The van der Waals surface area contributed by atoms with Gasteiger partial charge in [0.25, 0.3) is 0 Å². The van der Waals surface area contributed by atoms with Crippen LogP contribution in [0.15, 0.2) is 6.20 Å². The van der Waals surface area contributed by atoms with Gasteiger partial charge in [-0.3, -0.25) is 0 Å². The van der Waals surface area contributed by atoms with Crippen molar-refractivity contribution in [2.24, 2.45) is 0 Å². The van der Waals surface area contributed by atoms with Gasteiger partial charge in [-0.1, -0.05) is 0 Å². The number of hydrogen-bond acceptors (Lipinski definition) is 4. The summed E-state index contributed by atoms with van der Waals surface area (Å²) < 4.78 is 0. The number of aromatic nitrogens is 2. The Morgan fingerprint density at radius 3 is 2.50 bits per heavy atom. The smallest absolute Gasteiger partial charge is 0.224 e. The number of rotatable bonds is 4. The van der Waals surface area contributed by atoms with Gasteiger partial charge in [-0.05, 0) is 51.9 Å². The van der Waals surface area contributed by atoms with E-state index >= 15 is 0 Å². The first kappa shape index (κ1) is 13.6. The Bertz CT molecular complexity index is 429. The quantitative estimate of drug-likeness (QED) is 0.785. The molecule has 18 heavy (non-hydrogen) atoms. The molecule has 0 radical (unpaired) electrons. The van der Waals surface area contributed by atoms with Crippen molar-refractivity contribution in [2.45, 2.75) is 31.7 Å². The molecular weight excluding hydrogens is 248 g/mol. The summed E-state index contributed by atoms with van der Waals surface area (Å²) in [5.41, 5.74) is 1.36. The number of nitrogens with zero attached hydrogens (tertiary/aromatic N) is 4. The van der Waals surface area contributed by atoms with Crippen LogP contribution in [0.25, 0.3) is 0 Å². The van der Waals surface area contributed by atoms with E-state index in [1.165, 1.54) is 19.3 Å². The maximum atomic E-state index is 5.88. The van der Waals surface area contributed by atoms with E-state index in [2.05, 4.69) is 40.9 Å². The van der Waals surface area contributed by atoms with E-state index in [4.69, 9.17) is 11.6 Å². The van der Waals surface area contributed by atoms with Gasteiger partial charge in [0.2, 0.25) is 5.28 Å². The van der Waals surface area contributed by atoms with Gasteiger partial charge in [0.05, 0.1) is 0 Å². The van der Waals surface area contributed by atoms with Crippen molar-refractivity contribution >= 4 is 17.4 Å². The van der Waals surface area contributed by atoms with Crippen LogP contribution in [-0.2, 0) is 0 Å². The van der Waals surface area contributed by atoms with Crippen LogP contribution < -0.4 is 4.90 Å². The van der Waals surface area contributed by atoms with Gasteiger partial charge in [0, 0.05) is 30.9 Å². The molecule has 0 saturated heterocycles. The molecular formula is C13H21ClN4. The second kappa shape index (κ2) is 5.02. The largest absolute Gasteiger partial charge is 0.357 e. The highest BCUT2D eigenvalue weighted by Gasteiger charge is 2.40. The van der Waals surface area contributed by atoms with E-state index in [1.54, 1.807) is 6.20 Å². The molecule has 2 rings (SSSR count). The zero-order valence-corrected chi connectivity index (χ0v) is 12.3. The lowest BCUT2D eigenvalue weighted by molar-refractivity contribution is 0.0681. The van der Waals surface area contributed by atoms with Crippen LogP contribution in [0, 0.1) is 6.92 Å². The van der Waals surface area contributed by atoms with E-state index < -0.39 is 0 Å². The highest BCUT2D eigenvalue weighted by atomic mass is 35.5. The minimum absolute atomic E-state index is 0.290. The van der Waals surface area contributed by atoms with E-state index in [9.17, 15) is 0 Å². The van der Waals surface area contributed by atoms with Crippen LogP contribution >= 0.6 is 11.6 Å². The predicted molar refractivity (Wildman–Crippen MR) is 75.3 cm³/mol. The topological polar surface area (TPSA) is 32.3 Å². The SMILES string of the molecule is Cc1cnc(Cl)nc1N(C)CC1(N(C)C)CCC1. The van der Waals surface area contributed by atoms with E-state index in [-0.39, 0.29) is 0 Å². The van der Waals surface area contributed by atoms with Crippen molar-refractivity contribution < 1.29 is 0 Å². The number of anilines is 1. The van der Waals surface area contributed by atoms with Crippen LogP contribution in [0.3, 0.4) is 0 Å². The first-order valence-corrected chi connectivity index (χ1v) is 6.70. The summed E-state index contributed by atoms with van der Waals surface area (Å²) in [6.45, 7) is 3.00. The Labute approximate surface area is 114 Å². The number of likely N-dealkylation sites (N-methyl/N-ethyl adjacent to an activating group) is 2. The normalized spacial score (nSPS) is 17.7. The molecule has 1 aromatic heterocycles. The monoisotopic (exact) mass is 268 g/mol. The Morgan fingerprint density at radius 1 is 1.33 bits per heavy atom. The van der Waals surface area contributed by atoms with E-state index in [1.807, 2.05) is 6.92 Å². The molecule has 1 saturated carbocycles. The lowest BCUT2D eigenvalue weighted by Gasteiger charge is -2.49. The molecule has 0 aromatic carbocycles. The van der Waals surface area contributed by atoms with Crippen molar-refractivity contribution in [3.05, 3.63) is 17.0 Å². The molecule has 0 bridgehead atoms. The molecule has 0 unspecified atom stereocenters. The van der Waals surface area contributed by atoms with Gasteiger partial charge in [-0.15, -0.1) is 0 Å². The zero-order valence-electron chi connectivity index (χ0n) is 11.6. The molecule has 1 aliphatic carbocycles. The first-order chi connectivity index (χ1) is 8.44. The Morgan fingerprint density at radius 2 is 2.00 bits per heavy atom. The van der Waals surface area contributed by atoms with Gasteiger partial charge in [0.1, 0.15) is 5.82 Å². The fourth-order valence-corrected chi connectivity index (χ4v) is 2.78. The van der Waals surface area contributed by atoms with Gasteiger partial charge in [-0.2, -0.15) is 0 Å². The van der Waals surface area contributed by atoms with Gasteiger partial charge in [-0.25, -0.2) is 9.97 Å². The number of hydrogen-bond donors (Lipinski definition) is 0. The van der Waals surface area contributed by atoms with Crippen LogP contribution in [0.4, 0.5) is 5.82 Å². The summed E-state index contributed by atoms with van der Waals surface area (Å²) >= 11 is 5.88. The average Bonchev–Trinajstić information content (AvgIpc) is 2.26. The minimum atomic E-state index is 0.290. The van der Waals surface area contributed by atoms with Crippen molar-refractivity contribution in [3.63, 3.8) is 0 Å². The summed E-state index contributed by atoms with van der Waals surface area (Å²) in [5.74, 6) is 0.933. The molecule has 100 valence electrons. The number of halogens is 1. The first-order valence-electron chi connectivity index (χ1n) is 6.32. The zero-order chi connectivity index (χ0) is 13.3. The van der Waals surface area contributed by atoms with E-state index in [0.29, 0.717) is 10.8 Å². The van der Waals surface area contributed by atoms with Crippen molar-refractivity contribution in [1.29, 1.82) is 0 Å². The second-order valence-electron chi connectivity index (χ2n) is 5.47. The lowest BCUT2D eigenvalue weighted by atomic mass is 9.75. The second-order valence-corrected chi connectivity index (χ2v) is 5.81. The Hall–Kier alpha value is -0.870. The van der Waals surface area contributed by atoms with Crippen molar-refractivity contribution in [1.82, 2.24) is 14.9 Å². The molecule has 0 atom stereocenters. The molecule has 5 heteroatoms. The summed E-state index contributed by atoms with van der Waals surface area (Å²) in [4.78, 5) is 12.9. The third-order valence-electron chi connectivity index (χ3n) is 4.04. The van der Waals surface area contributed by atoms with Crippen molar-refractivity contribution in [3.8, 4) is 0 Å². The fraction of sp³-hybridized carbons (Fsp3) is 0.692. The van der Waals surface area contributed by atoms with Crippen LogP contribution in [0.2, 0.25) is 5.28 Å². The lowest BCUT2D eigenvalue weighted by Crippen LogP contribution is -2.57. The van der Waals surface area contributed by atoms with Gasteiger partial charge in [0.15, 0.2) is 0 Å². The Kier molecular flexibility index (Phi) is 3.78. The maximum Gasteiger partial charge on any atom is 0.224 e. The van der Waals surface area contributed by atoms with E-state index in [0.717, 1.165) is 17.9 Å². The highest BCUT2D eigenvalue weighted by Crippen LogP contribution is 2.37. The molecule has 1 fully saturated rings. The summed E-state index contributed by atoms with van der Waals surface area (Å²) in [7, 11) is 6.40. The fourth-order valence-electron chi connectivity index (χ4n) is 2.65. The standard InChI is InChI=1S/C13H21ClN4/c1-10-8-15-12(14)16-11(10)18(4)9-13(17(2)3)6-5-7-13/h8H,5-7,9H2,1-4H3. The molecule has 0 aliphatic heterocycles. The molecule has 4 nitrogen and oxygen atoms in total. The highest BCUT2D eigenvalue weighted by molar-refractivity contribution is 6.28. The Balaban J connectivity index is 2.16. The van der Waals surface area contributed by atoms with Crippen molar-refractivity contribution in [2.75, 3.05) is 32.6 Å². The van der Waals surface area contributed by atoms with Crippen LogP contribution in [0.1, 0.15) is 24.8 Å². The van der Waals surface area contributed by atoms with Gasteiger partial charge < -0.3 is 9.80 Å². The van der Waals surface area contributed by atoms with Crippen LogP contribution in [-0.4, -0.2) is 48.1 Å². The molecule has 1 heterocycles. The average molecular weight is 269 g/mol. The third-order valence-corrected chi connectivity index (χ3v) is 4.22. The predicted octanol–water partition coefficient (Wildman–Crippen LogP) is 2.36. The third kappa shape index (κ3) is 2.45. The number of aryl methyl sites for hydroxylation is 1. The molecule has 1 aromatic rings. The maximum absolute atomic E-state index is 5.88. The van der Waals surface area contributed by atoms with Gasteiger partial charge >= 0.3 is 0 Å². The molecule has 0 amide bonds. The summed E-state index contributed by atoms with van der Waals surface area (Å²) in [5, 5.41) is 0.315.